The van der Waals surface area contributed by atoms with Crippen LogP contribution in [0.15, 0.2) is 0 Å². The zero-order chi connectivity index (χ0) is 12.1. The molecule has 0 radical (unpaired) electrons. The Morgan fingerprint density at radius 3 is 2.06 bits per heavy atom. The predicted molar refractivity (Wildman–Crippen MR) is 72.6 cm³/mol. The summed E-state index contributed by atoms with van der Waals surface area (Å²) in [4.78, 5) is 0. The summed E-state index contributed by atoms with van der Waals surface area (Å²) in [6.45, 7) is 13.0. The molecular weight excluding hydrogens is 194 g/mol. The molecule has 0 amide bonds. The van der Waals surface area contributed by atoms with Crippen LogP contribution >= 0.6 is 0 Å². The summed E-state index contributed by atoms with van der Waals surface area (Å²) in [6.07, 6.45) is 5.73. The molecule has 96 valence electrons. The molecule has 1 rings (SSSR count). The Morgan fingerprint density at radius 1 is 1.00 bits per heavy atom. The third-order valence-electron chi connectivity index (χ3n) is 4.17. The second-order valence-corrected chi connectivity index (χ2v) is 6.55. The fourth-order valence-corrected chi connectivity index (χ4v) is 3.31. The maximum Gasteiger partial charge on any atom is 0.00103 e. The van der Waals surface area contributed by atoms with Gasteiger partial charge in [-0.2, -0.15) is 0 Å². The molecule has 0 aliphatic heterocycles. The molecule has 0 saturated heterocycles. The van der Waals surface area contributed by atoms with Crippen LogP contribution in [-0.4, -0.2) is 12.6 Å². The molecule has 0 heterocycles. The molecule has 0 aromatic carbocycles. The average molecular weight is 225 g/mol. The Kier molecular flexibility index (Phi) is 5.82. The standard InChI is InChI=1S/C15H31N/c1-11(2)16-7-6-14(5)15-9-12(3)8-13(4)10-15/h11-16H,6-10H2,1-5H3. The average Bonchev–Trinajstić information content (AvgIpc) is 2.15. The lowest BCUT2D eigenvalue weighted by Gasteiger charge is -2.35. The number of nitrogens with one attached hydrogen (secondary N) is 1. The van der Waals surface area contributed by atoms with E-state index in [-0.39, 0.29) is 0 Å². The minimum absolute atomic E-state index is 0.636. The predicted octanol–water partition coefficient (Wildman–Crippen LogP) is 4.08. The first kappa shape index (κ1) is 14.0. The molecular formula is C15H31N. The van der Waals surface area contributed by atoms with Gasteiger partial charge in [-0.3, -0.25) is 0 Å². The number of hydrogen-bond donors (Lipinski definition) is 1. The van der Waals surface area contributed by atoms with Crippen molar-refractivity contribution in [1.82, 2.24) is 5.32 Å². The largest absolute Gasteiger partial charge is 0.315 e. The van der Waals surface area contributed by atoms with E-state index in [1.165, 1.54) is 32.2 Å². The summed E-state index contributed by atoms with van der Waals surface area (Å²) in [5.41, 5.74) is 0. The third kappa shape index (κ3) is 4.86. The Morgan fingerprint density at radius 2 is 1.56 bits per heavy atom. The maximum absolute atomic E-state index is 3.54. The highest BCUT2D eigenvalue weighted by Crippen LogP contribution is 2.37. The van der Waals surface area contributed by atoms with Gasteiger partial charge in [0, 0.05) is 6.04 Å². The second-order valence-electron chi connectivity index (χ2n) is 6.55. The Bertz CT molecular complexity index is 178. The lowest BCUT2D eigenvalue weighted by Crippen LogP contribution is -2.29. The summed E-state index contributed by atoms with van der Waals surface area (Å²) < 4.78 is 0. The number of rotatable bonds is 5. The maximum atomic E-state index is 3.54. The molecule has 0 bridgehead atoms. The fourth-order valence-electron chi connectivity index (χ4n) is 3.31. The lowest BCUT2D eigenvalue weighted by atomic mass is 9.71. The molecule has 3 atom stereocenters. The highest BCUT2D eigenvalue weighted by atomic mass is 14.9. The van der Waals surface area contributed by atoms with Crippen molar-refractivity contribution < 1.29 is 0 Å². The van der Waals surface area contributed by atoms with Crippen LogP contribution in [-0.2, 0) is 0 Å². The van der Waals surface area contributed by atoms with Crippen LogP contribution in [0.25, 0.3) is 0 Å². The van der Waals surface area contributed by atoms with Gasteiger partial charge in [0.25, 0.3) is 0 Å². The fraction of sp³-hybridized carbons (Fsp3) is 1.00. The summed E-state index contributed by atoms with van der Waals surface area (Å²) >= 11 is 0. The van der Waals surface area contributed by atoms with Gasteiger partial charge in [0.05, 0.1) is 0 Å². The van der Waals surface area contributed by atoms with Crippen molar-refractivity contribution in [2.24, 2.45) is 23.7 Å². The first-order valence-corrected chi connectivity index (χ1v) is 7.22. The van der Waals surface area contributed by atoms with Gasteiger partial charge in [0.15, 0.2) is 0 Å². The first-order chi connectivity index (χ1) is 7.49. The topological polar surface area (TPSA) is 12.0 Å². The SMILES string of the molecule is CC1CC(C)CC(C(C)CCNC(C)C)C1. The van der Waals surface area contributed by atoms with E-state index < -0.39 is 0 Å². The van der Waals surface area contributed by atoms with E-state index in [0.717, 1.165) is 23.7 Å². The molecule has 1 N–H and O–H groups in total. The van der Waals surface area contributed by atoms with E-state index >= 15 is 0 Å². The van der Waals surface area contributed by atoms with E-state index in [4.69, 9.17) is 0 Å². The second kappa shape index (κ2) is 6.64. The van der Waals surface area contributed by atoms with Gasteiger partial charge in [0.1, 0.15) is 0 Å². The minimum Gasteiger partial charge on any atom is -0.315 e. The van der Waals surface area contributed by atoms with E-state index in [1.54, 1.807) is 0 Å². The van der Waals surface area contributed by atoms with Crippen LogP contribution < -0.4 is 5.32 Å². The molecule has 1 fully saturated rings. The molecule has 16 heavy (non-hydrogen) atoms. The quantitative estimate of drug-likeness (QED) is 0.743. The number of hydrogen-bond acceptors (Lipinski definition) is 1. The van der Waals surface area contributed by atoms with Gasteiger partial charge in [0.2, 0.25) is 0 Å². The molecule has 1 nitrogen and oxygen atoms in total. The normalized spacial score (nSPS) is 33.0. The molecule has 1 saturated carbocycles. The molecule has 0 spiro atoms. The van der Waals surface area contributed by atoms with E-state index in [1.807, 2.05) is 0 Å². The molecule has 1 aliphatic carbocycles. The molecule has 0 aromatic rings. The molecule has 1 aliphatic rings. The van der Waals surface area contributed by atoms with Gasteiger partial charge in [-0.1, -0.05) is 34.6 Å². The van der Waals surface area contributed by atoms with Crippen LogP contribution in [0.2, 0.25) is 0 Å². The van der Waals surface area contributed by atoms with E-state index in [9.17, 15) is 0 Å². The van der Waals surface area contributed by atoms with Gasteiger partial charge in [-0.25, -0.2) is 0 Å². The smallest absolute Gasteiger partial charge is 0.00103 e. The summed E-state index contributed by atoms with van der Waals surface area (Å²) in [6, 6.07) is 0.636. The Hall–Kier alpha value is -0.0400. The van der Waals surface area contributed by atoms with Gasteiger partial charge in [-0.15, -0.1) is 0 Å². The van der Waals surface area contributed by atoms with E-state index in [2.05, 4.69) is 39.9 Å². The van der Waals surface area contributed by atoms with Gasteiger partial charge in [-0.05, 0) is 55.9 Å². The van der Waals surface area contributed by atoms with Crippen molar-refractivity contribution in [3.8, 4) is 0 Å². The Labute approximate surface area is 102 Å². The monoisotopic (exact) mass is 225 g/mol. The summed E-state index contributed by atoms with van der Waals surface area (Å²) in [7, 11) is 0. The van der Waals surface area contributed by atoms with Crippen molar-refractivity contribution in [3.05, 3.63) is 0 Å². The van der Waals surface area contributed by atoms with Crippen LogP contribution in [0.5, 0.6) is 0 Å². The highest BCUT2D eigenvalue weighted by molar-refractivity contribution is 4.78. The summed E-state index contributed by atoms with van der Waals surface area (Å²) in [5.74, 6) is 3.78. The zero-order valence-electron chi connectivity index (χ0n) is 11.9. The van der Waals surface area contributed by atoms with Crippen LogP contribution in [0.4, 0.5) is 0 Å². The van der Waals surface area contributed by atoms with Gasteiger partial charge < -0.3 is 5.32 Å². The van der Waals surface area contributed by atoms with Crippen molar-refractivity contribution >= 4 is 0 Å². The first-order valence-electron chi connectivity index (χ1n) is 7.22. The Balaban J connectivity index is 2.26. The zero-order valence-corrected chi connectivity index (χ0v) is 11.9. The molecule has 0 aromatic heterocycles. The van der Waals surface area contributed by atoms with Crippen molar-refractivity contribution in [3.63, 3.8) is 0 Å². The van der Waals surface area contributed by atoms with Crippen LogP contribution in [0, 0.1) is 23.7 Å². The molecule has 1 heteroatoms. The highest BCUT2D eigenvalue weighted by Gasteiger charge is 2.27. The van der Waals surface area contributed by atoms with Crippen molar-refractivity contribution in [1.29, 1.82) is 0 Å². The van der Waals surface area contributed by atoms with Crippen LogP contribution in [0.1, 0.15) is 60.3 Å². The van der Waals surface area contributed by atoms with Gasteiger partial charge >= 0.3 is 0 Å². The third-order valence-corrected chi connectivity index (χ3v) is 4.17. The van der Waals surface area contributed by atoms with Crippen molar-refractivity contribution in [2.75, 3.05) is 6.54 Å². The van der Waals surface area contributed by atoms with Crippen LogP contribution in [0.3, 0.4) is 0 Å². The van der Waals surface area contributed by atoms with E-state index in [0.29, 0.717) is 6.04 Å². The minimum atomic E-state index is 0.636. The summed E-state index contributed by atoms with van der Waals surface area (Å²) in [5, 5.41) is 3.54. The van der Waals surface area contributed by atoms with Crippen molar-refractivity contribution in [2.45, 2.75) is 66.3 Å². The molecule has 3 unspecified atom stereocenters. The lowest BCUT2D eigenvalue weighted by molar-refractivity contribution is 0.162.